The normalized spacial score (nSPS) is 14.9. The van der Waals surface area contributed by atoms with Gasteiger partial charge in [-0.15, -0.1) is 0 Å². The first kappa shape index (κ1) is 16.3. The highest BCUT2D eigenvalue weighted by Gasteiger charge is 2.32. The van der Waals surface area contributed by atoms with E-state index in [1.165, 1.54) is 0 Å². The summed E-state index contributed by atoms with van der Waals surface area (Å²) >= 11 is 3.08. The van der Waals surface area contributed by atoms with E-state index in [4.69, 9.17) is 0 Å². The van der Waals surface area contributed by atoms with Crippen LogP contribution in [0.25, 0.3) is 0 Å². The van der Waals surface area contributed by atoms with E-state index < -0.39 is 27.6 Å². The van der Waals surface area contributed by atoms with Crippen LogP contribution < -0.4 is 0 Å². The molecule has 1 atom stereocenters. The molecule has 1 aromatic rings. The Hall–Kier alpha value is -0.760. The maximum atomic E-state index is 12.5. The van der Waals surface area contributed by atoms with Gasteiger partial charge in [-0.25, -0.2) is 4.21 Å². The van der Waals surface area contributed by atoms with Gasteiger partial charge in [0.25, 0.3) is 0 Å². The van der Waals surface area contributed by atoms with Gasteiger partial charge in [0, 0.05) is 22.4 Å². The Morgan fingerprint density at radius 2 is 1.95 bits per heavy atom. The van der Waals surface area contributed by atoms with Crippen LogP contribution in [0.1, 0.15) is 32.0 Å². The molecule has 1 rings (SSSR count). The summed E-state index contributed by atoms with van der Waals surface area (Å²) in [4.78, 5) is 3.28. The van der Waals surface area contributed by atoms with Gasteiger partial charge < -0.3 is 0 Å². The lowest BCUT2D eigenvalue weighted by atomic mass is 10.2. The lowest BCUT2D eigenvalue weighted by molar-refractivity contribution is -0.141. The Balaban J connectivity index is 3.08. The van der Waals surface area contributed by atoms with Crippen molar-refractivity contribution in [1.82, 2.24) is 4.98 Å². The van der Waals surface area contributed by atoms with E-state index in [9.17, 15) is 17.4 Å². The largest absolute Gasteiger partial charge is 0.433 e. The van der Waals surface area contributed by atoms with Crippen LogP contribution in [0.4, 0.5) is 13.2 Å². The Kier molecular flexibility index (Phi) is 4.89. The van der Waals surface area contributed by atoms with Gasteiger partial charge in [0.05, 0.1) is 4.75 Å². The van der Waals surface area contributed by atoms with E-state index >= 15 is 0 Å². The first-order valence-electron chi connectivity index (χ1n) is 5.20. The molecule has 0 aliphatic carbocycles. The Labute approximate surface area is 120 Å². The van der Waals surface area contributed by atoms with E-state index in [0.29, 0.717) is 4.47 Å². The van der Waals surface area contributed by atoms with Crippen molar-refractivity contribution in [3.05, 3.63) is 28.0 Å². The molecule has 0 aromatic carbocycles. The number of nitrogens with zero attached hydrogens (tertiary/aromatic N) is 2. The molecule has 1 heterocycles. The minimum atomic E-state index is -4.52. The number of aromatic nitrogens is 1. The third-order valence-electron chi connectivity index (χ3n) is 1.99. The van der Waals surface area contributed by atoms with E-state index in [1.807, 2.05) is 0 Å². The van der Waals surface area contributed by atoms with Gasteiger partial charge in [0.2, 0.25) is 0 Å². The standard InChI is InChI=1S/C11H12BrF3N2OS/c1-10(2,3)19(18)17-5-7-4-9(11(13,14)15)16-6-8(7)12/h4-6H,1-3H3. The first-order chi connectivity index (χ1) is 8.51. The maximum absolute atomic E-state index is 12.5. The van der Waals surface area contributed by atoms with Crippen LogP contribution >= 0.6 is 15.9 Å². The van der Waals surface area contributed by atoms with E-state index in [-0.39, 0.29) is 5.56 Å². The molecule has 0 bridgehead atoms. The zero-order valence-corrected chi connectivity index (χ0v) is 12.9. The zero-order chi connectivity index (χ0) is 14.8. The molecule has 0 spiro atoms. The average Bonchev–Trinajstić information content (AvgIpc) is 2.24. The summed E-state index contributed by atoms with van der Waals surface area (Å²) in [6.07, 6.45) is -2.32. The van der Waals surface area contributed by atoms with Crippen LogP contribution in [0.2, 0.25) is 0 Å². The third kappa shape index (κ3) is 4.68. The summed E-state index contributed by atoms with van der Waals surface area (Å²) in [5.41, 5.74) is -0.835. The first-order valence-corrected chi connectivity index (χ1v) is 7.10. The van der Waals surface area contributed by atoms with Crippen LogP contribution in [-0.2, 0) is 17.2 Å². The van der Waals surface area contributed by atoms with Crippen molar-refractivity contribution in [2.45, 2.75) is 31.7 Å². The SMILES string of the molecule is CC(C)(C)S(=O)N=Cc1cc(C(F)(F)F)ncc1Br. The fraction of sp³-hybridized carbons (Fsp3) is 0.455. The molecule has 0 aliphatic heterocycles. The highest BCUT2D eigenvalue weighted by Crippen LogP contribution is 2.29. The van der Waals surface area contributed by atoms with Crippen LogP contribution in [0.5, 0.6) is 0 Å². The molecule has 0 fully saturated rings. The summed E-state index contributed by atoms with van der Waals surface area (Å²) < 4.78 is 52.8. The van der Waals surface area contributed by atoms with E-state index in [1.54, 1.807) is 20.8 Å². The van der Waals surface area contributed by atoms with Crippen molar-refractivity contribution < 1.29 is 17.4 Å². The molecule has 0 amide bonds. The predicted molar refractivity (Wildman–Crippen MR) is 72.4 cm³/mol. The molecule has 1 unspecified atom stereocenters. The van der Waals surface area contributed by atoms with Crippen molar-refractivity contribution in [1.29, 1.82) is 0 Å². The zero-order valence-electron chi connectivity index (χ0n) is 10.5. The third-order valence-corrected chi connectivity index (χ3v) is 3.99. The Bertz CT molecular complexity index is 524. The molecular weight excluding hydrogens is 345 g/mol. The van der Waals surface area contributed by atoms with Gasteiger partial charge in [-0.3, -0.25) is 4.98 Å². The summed E-state index contributed by atoms with van der Waals surface area (Å²) in [7, 11) is -1.53. The van der Waals surface area contributed by atoms with Crippen LogP contribution in [0.3, 0.4) is 0 Å². The van der Waals surface area contributed by atoms with Gasteiger partial charge in [0.1, 0.15) is 16.7 Å². The molecule has 0 saturated heterocycles. The van der Waals surface area contributed by atoms with Gasteiger partial charge in [0.15, 0.2) is 0 Å². The second-order valence-corrected chi connectivity index (χ2v) is 7.47. The molecule has 3 nitrogen and oxygen atoms in total. The highest BCUT2D eigenvalue weighted by molar-refractivity contribution is 9.10. The van der Waals surface area contributed by atoms with Crippen LogP contribution in [-0.4, -0.2) is 20.2 Å². The average molecular weight is 357 g/mol. The van der Waals surface area contributed by atoms with Gasteiger partial charge >= 0.3 is 6.18 Å². The Morgan fingerprint density at radius 1 is 1.37 bits per heavy atom. The summed E-state index contributed by atoms with van der Waals surface area (Å²) in [5, 5.41) is 0. The molecule has 19 heavy (non-hydrogen) atoms. The van der Waals surface area contributed by atoms with Gasteiger partial charge in [-0.2, -0.15) is 17.6 Å². The molecule has 0 N–H and O–H groups in total. The Morgan fingerprint density at radius 3 is 2.42 bits per heavy atom. The maximum Gasteiger partial charge on any atom is 0.433 e. The van der Waals surface area contributed by atoms with Crippen molar-refractivity contribution in [3.8, 4) is 0 Å². The summed E-state index contributed by atoms with van der Waals surface area (Å²) in [6, 6.07) is 0.855. The number of alkyl halides is 3. The van der Waals surface area contributed by atoms with Crippen molar-refractivity contribution in [2.24, 2.45) is 4.40 Å². The lowest BCUT2D eigenvalue weighted by Gasteiger charge is -2.13. The quantitative estimate of drug-likeness (QED) is 0.757. The smallest absolute Gasteiger partial charge is 0.251 e. The van der Waals surface area contributed by atoms with Crippen molar-refractivity contribution in [2.75, 3.05) is 0 Å². The van der Waals surface area contributed by atoms with Crippen LogP contribution in [0.15, 0.2) is 21.1 Å². The lowest BCUT2D eigenvalue weighted by Crippen LogP contribution is -2.19. The van der Waals surface area contributed by atoms with Crippen molar-refractivity contribution >= 4 is 33.1 Å². The fourth-order valence-corrected chi connectivity index (χ4v) is 1.82. The minimum absolute atomic E-state index is 0.180. The second kappa shape index (κ2) is 5.70. The van der Waals surface area contributed by atoms with E-state index in [0.717, 1.165) is 18.5 Å². The molecule has 1 aromatic heterocycles. The minimum Gasteiger partial charge on any atom is -0.251 e. The number of hydrogen-bond acceptors (Lipinski definition) is 2. The molecule has 0 aliphatic rings. The van der Waals surface area contributed by atoms with Crippen molar-refractivity contribution in [3.63, 3.8) is 0 Å². The molecule has 8 heteroatoms. The topological polar surface area (TPSA) is 42.3 Å². The highest BCUT2D eigenvalue weighted by atomic mass is 79.9. The molecule has 106 valence electrons. The molecule has 0 saturated carbocycles. The molecular formula is C11H12BrF3N2OS. The van der Waals surface area contributed by atoms with Gasteiger partial charge in [-0.1, -0.05) is 0 Å². The monoisotopic (exact) mass is 356 g/mol. The number of pyridine rings is 1. The van der Waals surface area contributed by atoms with Gasteiger partial charge in [-0.05, 0) is 42.8 Å². The summed E-state index contributed by atoms with van der Waals surface area (Å²) in [5.74, 6) is 0. The number of halogens is 4. The van der Waals surface area contributed by atoms with E-state index in [2.05, 4.69) is 25.3 Å². The number of rotatable bonds is 2. The number of hydrogen-bond donors (Lipinski definition) is 0. The second-order valence-electron chi connectivity index (χ2n) is 4.68. The fourth-order valence-electron chi connectivity index (χ4n) is 0.971. The van der Waals surface area contributed by atoms with Crippen LogP contribution in [0, 0.1) is 0 Å². The molecule has 0 radical (unpaired) electrons. The predicted octanol–water partition coefficient (Wildman–Crippen LogP) is 3.74. The summed E-state index contributed by atoms with van der Waals surface area (Å²) in [6.45, 7) is 5.18.